The minimum Gasteiger partial charge on any atom is -0.322 e. The first kappa shape index (κ1) is 13.9. The number of amides is 1. The second kappa shape index (κ2) is 6.08. The van der Waals surface area contributed by atoms with Gasteiger partial charge >= 0.3 is 0 Å². The molecule has 0 unspecified atom stereocenters. The van der Waals surface area contributed by atoms with Crippen LogP contribution in [0.1, 0.15) is 10.4 Å². The Hall–Kier alpha value is -0.530. The molecule has 2 nitrogen and oxygen atoms in total. The Bertz CT molecular complexity index is 586. The van der Waals surface area contributed by atoms with Crippen molar-refractivity contribution in [2.24, 2.45) is 0 Å². The van der Waals surface area contributed by atoms with E-state index in [4.69, 9.17) is 0 Å². The van der Waals surface area contributed by atoms with E-state index in [0.29, 0.717) is 10.5 Å². The highest BCUT2D eigenvalue weighted by molar-refractivity contribution is 14.1. The van der Waals surface area contributed by atoms with Crippen molar-refractivity contribution in [3.8, 4) is 0 Å². The van der Waals surface area contributed by atoms with Crippen molar-refractivity contribution in [3.05, 3.63) is 56.1 Å². The van der Waals surface area contributed by atoms with Crippen molar-refractivity contribution in [1.29, 1.82) is 0 Å². The standard InChI is InChI=1S/C13H9BrINOS/c14-8-1-6-11(12(18)7-8)13(17)16-10-4-2-9(15)3-5-10/h1-7,18H,(H,16,17). The summed E-state index contributed by atoms with van der Waals surface area (Å²) in [5.74, 6) is -0.159. The van der Waals surface area contributed by atoms with Crippen LogP contribution in [-0.2, 0) is 0 Å². The molecule has 0 aliphatic heterocycles. The smallest absolute Gasteiger partial charge is 0.256 e. The zero-order chi connectivity index (χ0) is 13.1. The molecule has 5 heteroatoms. The molecule has 1 N–H and O–H groups in total. The Kier molecular flexibility index (Phi) is 4.69. The molecule has 0 aliphatic rings. The van der Waals surface area contributed by atoms with Crippen LogP contribution in [0.15, 0.2) is 51.8 Å². The molecule has 0 fully saturated rings. The highest BCUT2D eigenvalue weighted by Gasteiger charge is 2.09. The number of nitrogens with one attached hydrogen (secondary N) is 1. The summed E-state index contributed by atoms with van der Waals surface area (Å²) >= 11 is 9.86. The minimum atomic E-state index is -0.159. The van der Waals surface area contributed by atoms with Gasteiger partial charge in [-0.25, -0.2) is 0 Å². The summed E-state index contributed by atoms with van der Waals surface area (Å²) in [6.07, 6.45) is 0. The van der Waals surface area contributed by atoms with Crippen LogP contribution in [0.4, 0.5) is 5.69 Å². The maximum absolute atomic E-state index is 12.1. The molecular formula is C13H9BrINOS. The molecule has 0 spiro atoms. The third kappa shape index (κ3) is 3.49. The molecule has 0 bridgehead atoms. The molecular weight excluding hydrogens is 425 g/mol. The highest BCUT2D eigenvalue weighted by atomic mass is 127. The fourth-order valence-electron chi connectivity index (χ4n) is 1.43. The zero-order valence-corrected chi connectivity index (χ0v) is 13.8. The Morgan fingerprint density at radius 2 is 1.83 bits per heavy atom. The van der Waals surface area contributed by atoms with Crippen molar-refractivity contribution in [3.63, 3.8) is 0 Å². The maximum atomic E-state index is 12.1. The number of benzene rings is 2. The van der Waals surface area contributed by atoms with Crippen LogP contribution in [0, 0.1) is 3.57 Å². The molecule has 92 valence electrons. The first-order valence-corrected chi connectivity index (χ1v) is 7.43. The summed E-state index contributed by atoms with van der Waals surface area (Å²) in [4.78, 5) is 12.7. The lowest BCUT2D eigenvalue weighted by Crippen LogP contribution is -2.12. The molecule has 0 aliphatic carbocycles. The van der Waals surface area contributed by atoms with Crippen LogP contribution < -0.4 is 5.32 Å². The summed E-state index contributed by atoms with van der Waals surface area (Å²) in [6.45, 7) is 0. The fraction of sp³-hybridized carbons (Fsp3) is 0. The van der Waals surface area contributed by atoms with Gasteiger partial charge in [0, 0.05) is 18.6 Å². The van der Waals surface area contributed by atoms with Gasteiger partial charge in [-0.05, 0) is 65.1 Å². The lowest BCUT2D eigenvalue weighted by atomic mass is 10.2. The third-order valence-corrected chi connectivity index (χ3v) is 3.89. The first-order valence-electron chi connectivity index (χ1n) is 5.12. The van der Waals surface area contributed by atoms with Gasteiger partial charge in [-0.1, -0.05) is 15.9 Å². The van der Waals surface area contributed by atoms with E-state index in [1.54, 1.807) is 12.1 Å². The number of rotatable bonds is 2. The second-order valence-electron chi connectivity index (χ2n) is 3.62. The van der Waals surface area contributed by atoms with E-state index >= 15 is 0 Å². The van der Waals surface area contributed by atoms with Crippen molar-refractivity contribution in [1.82, 2.24) is 0 Å². The second-order valence-corrected chi connectivity index (χ2v) is 6.27. The van der Waals surface area contributed by atoms with E-state index in [-0.39, 0.29) is 5.91 Å². The van der Waals surface area contributed by atoms with E-state index in [1.165, 1.54) is 0 Å². The van der Waals surface area contributed by atoms with Crippen molar-refractivity contribution in [2.75, 3.05) is 5.32 Å². The molecule has 2 aromatic rings. The quantitative estimate of drug-likeness (QED) is 0.526. The number of carbonyl (C=O) groups is 1. The number of hydrogen-bond donors (Lipinski definition) is 2. The maximum Gasteiger partial charge on any atom is 0.256 e. The monoisotopic (exact) mass is 433 g/mol. The van der Waals surface area contributed by atoms with Gasteiger partial charge in [0.2, 0.25) is 0 Å². The summed E-state index contributed by atoms with van der Waals surface area (Å²) in [5.41, 5.74) is 1.33. The van der Waals surface area contributed by atoms with Crippen LogP contribution in [0.2, 0.25) is 0 Å². The van der Waals surface area contributed by atoms with Gasteiger partial charge in [0.1, 0.15) is 0 Å². The summed E-state index contributed by atoms with van der Waals surface area (Å²) in [6, 6.07) is 13.0. The van der Waals surface area contributed by atoms with Crippen LogP contribution >= 0.6 is 51.1 Å². The molecule has 1 amide bonds. The van der Waals surface area contributed by atoms with Gasteiger partial charge in [-0.15, -0.1) is 12.6 Å². The molecule has 0 aromatic heterocycles. The lowest BCUT2D eigenvalue weighted by molar-refractivity contribution is 0.102. The summed E-state index contributed by atoms with van der Waals surface area (Å²) in [5, 5.41) is 2.84. The Morgan fingerprint density at radius 1 is 1.17 bits per heavy atom. The Balaban J connectivity index is 2.19. The predicted octanol–water partition coefficient (Wildman–Crippen LogP) is 4.59. The molecule has 0 heterocycles. The van der Waals surface area contributed by atoms with E-state index in [9.17, 15) is 4.79 Å². The Labute approximate surface area is 133 Å². The van der Waals surface area contributed by atoms with Crippen LogP contribution in [0.5, 0.6) is 0 Å². The number of hydrogen-bond acceptors (Lipinski definition) is 2. The van der Waals surface area contributed by atoms with Crippen molar-refractivity contribution >= 4 is 62.7 Å². The van der Waals surface area contributed by atoms with E-state index in [1.807, 2.05) is 30.3 Å². The Morgan fingerprint density at radius 3 is 2.44 bits per heavy atom. The van der Waals surface area contributed by atoms with Crippen molar-refractivity contribution < 1.29 is 4.79 Å². The molecule has 2 rings (SSSR count). The van der Waals surface area contributed by atoms with Gasteiger partial charge in [0.25, 0.3) is 5.91 Å². The number of thiol groups is 1. The third-order valence-electron chi connectivity index (χ3n) is 2.31. The number of halogens is 2. The normalized spacial score (nSPS) is 10.2. The molecule has 2 aromatic carbocycles. The van der Waals surface area contributed by atoms with Gasteiger partial charge < -0.3 is 5.32 Å². The minimum absolute atomic E-state index is 0.159. The summed E-state index contributed by atoms with van der Waals surface area (Å²) < 4.78 is 2.03. The van der Waals surface area contributed by atoms with Crippen LogP contribution in [0.3, 0.4) is 0 Å². The average Bonchev–Trinajstić information content (AvgIpc) is 2.32. The van der Waals surface area contributed by atoms with Gasteiger partial charge in [-0.2, -0.15) is 0 Å². The fourth-order valence-corrected chi connectivity index (χ4v) is 2.64. The number of anilines is 1. The van der Waals surface area contributed by atoms with Gasteiger partial charge in [0.05, 0.1) is 5.56 Å². The first-order chi connectivity index (χ1) is 8.56. The van der Waals surface area contributed by atoms with Crippen LogP contribution in [-0.4, -0.2) is 5.91 Å². The van der Waals surface area contributed by atoms with E-state index < -0.39 is 0 Å². The van der Waals surface area contributed by atoms with Gasteiger partial charge in [-0.3, -0.25) is 4.79 Å². The topological polar surface area (TPSA) is 29.1 Å². The lowest BCUT2D eigenvalue weighted by Gasteiger charge is -2.07. The summed E-state index contributed by atoms with van der Waals surface area (Å²) in [7, 11) is 0. The average molecular weight is 434 g/mol. The SMILES string of the molecule is O=C(Nc1ccc(I)cc1)c1ccc(Br)cc1S. The molecule has 0 saturated heterocycles. The van der Waals surface area contributed by atoms with Crippen LogP contribution in [0.25, 0.3) is 0 Å². The van der Waals surface area contributed by atoms with Gasteiger partial charge in [0.15, 0.2) is 0 Å². The molecule has 0 radical (unpaired) electrons. The predicted molar refractivity (Wildman–Crippen MR) is 88.5 cm³/mol. The highest BCUT2D eigenvalue weighted by Crippen LogP contribution is 2.21. The van der Waals surface area contributed by atoms with E-state index in [2.05, 4.69) is 56.5 Å². The van der Waals surface area contributed by atoms with Crippen molar-refractivity contribution in [2.45, 2.75) is 4.90 Å². The molecule has 0 saturated carbocycles. The largest absolute Gasteiger partial charge is 0.322 e. The molecule has 18 heavy (non-hydrogen) atoms. The number of carbonyl (C=O) groups excluding carboxylic acids is 1. The molecule has 0 atom stereocenters. The zero-order valence-electron chi connectivity index (χ0n) is 9.15. The van der Waals surface area contributed by atoms with E-state index in [0.717, 1.165) is 13.7 Å².